The average molecular weight is 844 g/mol. The lowest BCUT2D eigenvalue weighted by Gasteiger charge is -2.29. The normalized spacial score (nSPS) is 18.4. The van der Waals surface area contributed by atoms with Crippen molar-refractivity contribution in [2.45, 2.75) is 76.3 Å². The van der Waals surface area contributed by atoms with Crippen LogP contribution < -0.4 is 36.3 Å². The van der Waals surface area contributed by atoms with Crippen molar-refractivity contribution in [1.29, 1.82) is 0 Å². The van der Waals surface area contributed by atoms with Crippen LogP contribution >= 0.6 is 0 Å². The van der Waals surface area contributed by atoms with Crippen LogP contribution in [0.4, 0.5) is 11.4 Å². The molecule has 60 heavy (non-hydrogen) atoms. The number of hydrogen-bond acceptors (Lipinski definition) is 11. The van der Waals surface area contributed by atoms with E-state index in [9.17, 15) is 37.6 Å². The van der Waals surface area contributed by atoms with Gasteiger partial charge in [-0.1, -0.05) is 56.7 Å². The van der Waals surface area contributed by atoms with Gasteiger partial charge in [0.25, 0.3) is 10.1 Å². The van der Waals surface area contributed by atoms with Crippen molar-refractivity contribution in [2.75, 3.05) is 51.4 Å². The molecule has 0 bridgehead atoms. The lowest BCUT2D eigenvalue weighted by molar-refractivity contribution is -0.400. The minimum atomic E-state index is -4.69. The van der Waals surface area contributed by atoms with Gasteiger partial charge in [-0.3, -0.25) is 19.1 Å². The van der Waals surface area contributed by atoms with Crippen molar-refractivity contribution < 1.29 is 42.2 Å². The molecule has 2 aliphatic heterocycles. The maximum Gasteiger partial charge on any atom is 0.333 e. The van der Waals surface area contributed by atoms with Crippen molar-refractivity contribution >= 4 is 51.2 Å². The molecule has 0 spiro atoms. The number of benzene rings is 2. The zero-order valence-corrected chi connectivity index (χ0v) is 36.0. The number of carbonyl (C=O) groups excluding carboxylic acids is 2. The molecule has 0 saturated heterocycles. The van der Waals surface area contributed by atoms with Crippen LogP contribution in [0.5, 0.6) is 11.8 Å². The van der Waals surface area contributed by atoms with E-state index in [0.29, 0.717) is 30.7 Å². The number of para-hydroxylation sites is 2. The highest BCUT2D eigenvalue weighted by atomic mass is 32.2. The number of likely N-dealkylation sites (N-methyl/N-ethyl adjacent to an activating group) is 2. The van der Waals surface area contributed by atoms with Gasteiger partial charge in [0.2, 0.25) is 23.4 Å². The number of nitrogens with zero attached hydrogens (tertiary/aromatic N) is 5. The van der Waals surface area contributed by atoms with Crippen LogP contribution in [0.25, 0.3) is 12.2 Å². The molecule has 3 aromatic carbocycles. The largest absolute Gasteiger partial charge is 0.492 e. The molecule has 1 amide bonds. The van der Waals surface area contributed by atoms with Crippen molar-refractivity contribution in [1.82, 2.24) is 14.9 Å². The van der Waals surface area contributed by atoms with Gasteiger partial charge in [-0.25, -0.2) is 4.79 Å². The van der Waals surface area contributed by atoms with Gasteiger partial charge in [0.05, 0.1) is 22.0 Å². The number of carbonyl (C=O) groups is 2. The molecule has 3 heterocycles. The van der Waals surface area contributed by atoms with E-state index in [1.807, 2.05) is 79.2 Å². The van der Waals surface area contributed by atoms with Gasteiger partial charge >= 0.3 is 5.97 Å². The number of rotatable bonds is 16. The summed E-state index contributed by atoms with van der Waals surface area (Å²) in [7, 11) is 1.06. The Morgan fingerprint density at radius 3 is 2.27 bits per heavy atom. The standard InChI is InChI=1S/C44H54N6O9S/c1-43(2)30-15-10-12-17-33(30)48(6)35(43)25-28-40(29(41(28)54)26-36-44(3,4)31-16-11-13-18-34(31)49(36)7)46-32(27-60(56,57)58)42(55)45-22-24-47(5)23-14-8-9-19-39(53)59-50-37(51)20-21-38(50)52/h10-13,15-18,20-21,25-26,32,35H,8-9,14,19,22-24,27H2,1-7H3,(H3,45,46,54,55,56,57,58)/p+1/b28-25-. The Kier molecular flexibility index (Phi) is 12.6. The number of unbranched alkanes of at least 4 members (excludes halogenated alkanes) is 2. The molecule has 6 rings (SSSR count). The monoisotopic (exact) mass is 843 g/mol. The summed E-state index contributed by atoms with van der Waals surface area (Å²) in [6, 6.07) is 16.6. The predicted molar refractivity (Wildman–Crippen MR) is 229 cm³/mol. The van der Waals surface area contributed by atoms with Crippen LogP contribution in [0.2, 0.25) is 0 Å². The topological polar surface area (TPSA) is 194 Å². The van der Waals surface area contributed by atoms with Crippen LogP contribution in [-0.2, 0) is 30.5 Å². The second-order valence-electron chi connectivity index (χ2n) is 16.8. The molecular formula is C44H55N6O9S+. The van der Waals surface area contributed by atoms with Crippen molar-refractivity contribution in [3.8, 4) is 11.8 Å². The van der Waals surface area contributed by atoms with Crippen molar-refractivity contribution in [2.24, 2.45) is 4.99 Å². The van der Waals surface area contributed by atoms with E-state index in [4.69, 9.17) is 9.83 Å². The second kappa shape index (κ2) is 17.2. The van der Waals surface area contributed by atoms with E-state index < -0.39 is 56.4 Å². The first-order valence-electron chi connectivity index (χ1n) is 20.0. The Morgan fingerprint density at radius 1 is 0.967 bits per heavy atom. The summed E-state index contributed by atoms with van der Waals surface area (Å²) in [6.07, 6.45) is 5.66. The summed E-state index contributed by atoms with van der Waals surface area (Å²) in [5.41, 5.74) is 3.88. The molecule has 2 atom stereocenters. The van der Waals surface area contributed by atoms with E-state index in [-0.39, 0.29) is 40.2 Å². The number of aromatic nitrogens is 1. The fraction of sp³-hybridized carbons (Fsp3) is 0.432. The quantitative estimate of drug-likeness (QED) is 0.0728. The number of hydrogen-bond donors (Lipinski definition) is 4. The summed E-state index contributed by atoms with van der Waals surface area (Å²) in [6.45, 7) is 9.54. The summed E-state index contributed by atoms with van der Waals surface area (Å²) in [5, 5.41) is 22.8. The molecule has 4 aromatic rings. The summed E-state index contributed by atoms with van der Waals surface area (Å²) >= 11 is 0. The third kappa shape index (κ3) is 8.95. The molecule has 0 radical (unpaired) electrons. The van der Waals surface area contributed by atoms with E-state index in [1.165, 1.54) is 12.1 Å². The third-order valence-electron chi connectivity index (χ3n) is 11.8. The Hall–Kier alpha value is -5.58. The highest BCUT2D eigenvalue weighted by molar-refractivity contribution is 7.85. The van der Waals surface area contributed by atoms with Gasteiger partial charge in [0.15, 0.2) is 11.1 Å². The molecule has 320 valence electrons. The lowest BCUT2D eigenvalue weighted by atomic mass is 9.79. The van der Waals surface area contributed by atoms with Gasteiger partial charge in [0.1, 0.15) is 18.8 Å². The fourth-order valence-corrected chi connectivity index (χ4v) is 9.09. The Balaban J connectivity index is 1.23. The Bertz CT molecular complexity index is 2640. The lowest BCUT2D eigenvalue weighted by Crippen LogP contribution is -2.67. The highest BCUT2D eigenvalue weighted by Gasteiger charge is 2.44. The van der Waals surface area contributed by atoms with Crippen molar-refractivity contribution in [3.05, 3.63) is 97.8 Å². The molecule has 2 aliphatic rings. The molecular weight excluding hydrogens is 789 g/mol. The summed E-state index contributed by atoms with van der Waals surface area (Å²) < 4.78 is 37.4. The van der Waals surface area contributed by atoms with Gasteiger partial charge in [-0.15, -0.1) is 4.73 Å². The molecule has 4 N–H and O–H groups in total. The van der Waals surface area contributed by atoms with E-state index in [1.54, 1.807) is 6.08 Å². The average Bonchev–Trinajstić information content (AvgIpc) is 3.68. The van der Waals surface area contributed by atoms with E-state index in [2.05, 4.69) is 44.0 Å². The molecule has 0 fully saturated rings. The van der Waals surface area contributed by atoms with E-state index >= 15 is 0 Å². The number of anilines is 1. The Labute approximate surface area is 349 Å². The summed E-state index contributed by atoms with van der Waals surface area (Å²) in [4.78, 5) is 53.9. The summed E-state index contributed by atoms with van der Waals surface area (Å²) in [5.74, 6) is -3.08. The van der Waals surface area contributed by atoms with Crippen LogP contribution in [0.1, 0.15) is 64.5 Å². The minimum Gasteiger partial charge on any atom is -0.492 e. The van der Waals surface area contributed by atoms with Gasteiger partial charge in [-0.05, 0) is 58.0 Å². The molecule has 16 heteroatoms. The second-order valence-corrected chi connectivity index (χ2v) is 18.3. The number of fused-ring (bicyclic) bond motifs is 2. The maximum absolute atomic E-state index is 14.3. The van der Waals surface area contributed by atoms with E-state index in [0.717, 1.165) is 34.6 Å². The predicted octanol–water partition coefficient (Wildman–Crippen LogP) is 1.62. The first kappa shape index (κ1) is 44.0. The highest BCUT2D eigenvalue weighted by Crippen LogP contribution is 2.44. The van der Waals surface area contributed by atoms with Crippen LogP contribution in [0.3, 0.4) is 0 Å². The maximum atomic E-state index is 14.3. The molecule has 15 nitrogen and oxygen atoms in total. The van der Waals surface area contributed by atoms with Gasteiger partial charge < -0.3 is 30.2 Å². The van der Waals surface area contributed by atoms with Crippen LogP contribution in [0.15, 0.2) is 70.5 Å². The smallest absolute Gasteiger partial charge is 0.333 e. The zero-order valence-electron chi connectivity index (χ0n) is 35.2. The van der Waals surface area contributed by atoms with Crippen LogP contribution in [0, 0.1) is 0 Å². The molecule has 2 unspecified atom stereocenters. The van der Waals surface area contributed by atoms with Gasteiger partial charge in [0, 0.05) is 72.7 Å². The Morgan fingerprint density at radius 2 is 1.62 bits per heavy atom. The number of amides is 1. The van der Waals surface area contributed by atoms with Crippen molar-refractivity contribution in [3.63, 3.8) is 0 Å². The molecule has 1 aromatic heterocycles. The first-order valence-corrected chi connectivity index (χ1v) is 21.6. The minimum absolute atomic E-state index is 0.0815. The first-order chi connectivity index (χ1) is 28.2. The number of nitrogens with one attached hydrogen (secondary N) is 1. The third-order valence-corrected chi connectivity index (χ3v) is 12.6. The van der Waals surface area contributed by atoms with Gasteiger partial charge in [-0.2, -0.15) is 13.0 Å². The van der Waals surface area contributed by atoms with Crippen LogP contribution in [-0.4, -0.2) is 114 Å². The fourth-order valence-electron chi connectivity index (χ4n) is 8.46. The molecule has 0 aliphatic carbocycles. The number of aromatic hydroxyl groups is 2. The SMILES string of the molecule is CN(CCCCCC(=O)On1c(O)ccc1O)CCNC(=O)C(CS(=O)(=O)O)N=c1/c(=C/C2=[N+](C)c3ccccc3C2(C)C)c(=O)/c1=C\C1N(C)c2ccccc2C1(C)C. The zero-order chi connectivity index (χ0) is 43.7. The molecule has 0 saturated carbocycles.